The minimum atomic E-state index is -1.83. The van der Waals surface area contributed by atoms with E-state index in [1.54, 1.807) is 36.4 Å². The fourth-order valence-electron chi connectivity index (χ4n) is 2.01. The van der Waals surface area contributed by atoms with E-state index in [1.807, 2.05) is 0 Å². The van der Waals surface area contributed by atoms with Crippen LogP contribution >= 0.6 is 0 Å². The summed E-state index contributed by atoms with van der Waals surface area (Å²) in [4.78, 5) is 46.7. The molecule has 0 aromatic heterocycles. The lowest BCUT2D eigenvalue weighted by Gasteiger charge is -2.12. The molecule has 2 amide bonds. The molecule has 2 atom stereocenters. The van der Waals surface area contributed by atoms with E-state index in [1.165, 1.54) is 24.3 Å². The van der Waals surface area contributed by atoms with E-state index < -0.39 is 36.1 Å². The van der Waals surface area contributed by atoms with Crippen molar-refractivity contribution in [2.45, 2.75) is 12.3 Å². The number of hydrogen-bond donors (Lipinski definition) is 4. The molecule has 10 heteroatoms. The Kier molecular flexibility index (Phi) is 6.92. The second kappa shape index (κ2) is 9.57. The van der Waals surface area contributed by atoms with Gasteiger partial charge in [0.05, 0.1) is 0 Å². The van der Waals surface area contributed by atoms with Gasteiger partial charge < -0.3 is 20.8 Å². The molecule has 2 rings (SSSR count). The van der Waals surface area contributed by atoms with Crippen LogP contribution in [0.1, 0.15) is 20.7 Å². The number of rotatable bonds is 8. The van der Waals surface area contributed by atoms with Crippen LogP contribution in [0.15, 0.2) is 70.9 Å². The molecule has 4 N–H and O–H groups in total. The zero-order valence-corrected chi connectivity index (χ0v) is 14.4. The molecule has 0 spiro atoms. The third-order valence-electron chi connectivity index (χ3n) is 3.37. The van der Waals surface area contributed by atoms with Crippen LogP contribution in [0, 0.1) is 0 Å². The van der Waals surface area contributed by atoms with Crippen molar-refractivity contribution in [1.29, 1.82) is 0 Å². The first-order valence-corrected chi connectivity index (χ1v) is 7.96. The van der Waals surface area contributed by atoms with Gasteiger partial charge in [-0.25, -0.2) is 9.59 Å². The number of nitrogens with zero attached hydrogens (tertiary/aromatic N) is 2. The Bertz CT molecular complexity index is 812. The van der Waals surface area contributed by atoms with E-state index in [9.17, 15) is 29.4 Å². The van der Waals surface area contributed by atoms with Gasteiger partial charge in [0.2, 0.25) is 12.3 Å². The number of azo groups is 1. The minimum absolute atomic E-state index is 0.191. The van der Waals surface area contributed by atoms with Crippen LogP contribution in [0.4, 0.5) is 0 Å². The van der Waals surface area contributed by atoms with Gasteiger partial charge in [0, 0.05) is 11.1 Å². The van der Waals surface area contributed by atoms with Crippen molar-refractivity contribution >= 4 is 23.8 Å². The van der Waals surface area contributed by atoms with Crippen molar-refractivity contribution in [3.05, 3.63) is 71.8 Å². The first kappa shape index (κ1) is 20.2. The molecule has 144 valence electrons. The Balaban J connectivity index is 2.09. The highest BCUT2D eigenvalue weighted by molar-refractivity contribution is 5.97. The molecule has 2 aromatic carbocycles. The van der Waals surface area contributed by atoms with E-state index in [4.69, 9.17) is 0 Å². The largest absolute Gasteiger partial charge is 0.478 e. The summed E-state index contributed by atoms with van der Waals surface area (Å²) < 4.78 is 0. The van der Waals surface area contributed by atoms with Crippen LogP contribution in [0.5, 0.6) is 0 Å². The van der Waals surface area contributed by atoms with Crippen molar-refractivity contribution in [2.24, 2.45) is 10.2 Å². The summed E-state index contributed by atoms with van der Waals surface area (Å²) in [5.74, 6) is -4.56. The lowest BCUT2D eigenvalue weighted by atomic mass is 10.2. The second-order valence-corrected chi connectivity index (χ2v) is 5.39. The SMILES string of the molecule is O=C(NC(N=NC(NC(=O)c1ccccc1)C(=O)O)C(=O)O)c1ccccc1. The Morgan fingerprint density at radius 3 is 1.25 bits per heavy atom. The molecule has 0 heterocycles. The van der Waals surface area contributed by atoms with Gasteiger partial charge in [0.25, 0.3) is 11.8 Å². The highest BCUT2D eigenvalue weighted by atomic mass is 16.4. The van der Waals surface area contributed by atoms with E-state index in [-0.39, 0.29) is 11.1 Å². The number of benzene rings is 2. The van der Waals surface area contributed by atoms with Crippen molar-refractivity contribution in [2.75, 3.05) is 0 Å². The van der Waals surface area contributed by atoms with Crippen molar-refractivity contribution in [1.82, 2.24) is 10.6 Å². The summed E-state index contributed by atoms with van der Waals surface area (Å²) >= 11 is 0. The summed E-state index contributed by atoms with van der Waals surface area (Å²) in [5, 5.41) is 29.3. The quantitative estimate of drug-likeness (QED) is 0.499. The van der Waals surface area contributed by atoms with Gasteiger partial charge in [-0.1, -0.05) is 36.4 Å². The number of aliphatic carboxylic acids is 2. The molecule has 0 aliphatic carbocycles. The number of nitrogens with one attached hydrogen (secondary N) is 2. The Morgan fingerprint density at radius 2 is 0.964 bits per heavy atom. The zero-order valence-electron chi connectivity index (χ0n) is 14.4. The average molecular weight is 384 g/mol. The van der Waals surface area contributed by atoms with Crippen LogP contribution in [0.3, 0.4) is 0 Å². The molecular formula is C18H16N4O6. The molecule has 0 bridgehead atoms. The van der Waals surface area contributed by atoms with Gasteiger partial charge >= 0.3 is 11.9 Å². The maximum absolute atomic E-state index is 12.0. The van der Waals surface area contributed by atoms with Crippen molar-refractivity contribution < 1.29 is 29.4 Å². The zero-order chi connectivity index (χ0) is 20.5. The summed E-state index contributed by atoms with van der Waals surface area (Å²) in [6.07, 6.45) is -3.66. The van der Waals surface area contributed by atoms with Gasteiger partial charge in [-0.2, -0.15) is 10.2 Å². The van der Waals surface area contributed by atoms with E-state index in [0.717, 1.165) is 0 Å². The van der Waals surface area contributed by atoms with E-state index >= 15 is 0 Å². The number of carboxylic acid groups (broad SMARTS) is 2. The Morgan fingerprint density at radius 1 is 0.643 bits per heavy atom. The normalized spacial score (nSPS) is 12.7. The Labute approximate surface area is 158 Å². The summed E-state index contributed by atoms with van der Waals surface area (Å²) in [7, 11) is 0. The standard InChI is InChI=1S/C18H16N4O6/c23-15(11-7-3-1-4-8-11)19-13(17(25)26)21-22-14(18(27)28)20-16(24)12-9-5-2-6-10-12/h1-10,13-14H,(H,19,23)(H,20,24)(H,25,26)(H,27,28). The van der Waals surface area contributed by atoms with Crippen LogP contribution in [-0.4, -0.2) is 46.3 Å². The number of hydrogen-bond acceptors (Lipinski definition) is 6. The van der Waals surface area contributed by atoms with Crippen LogP contribution < -0.4 is 10.6 Å². The highest BCUT2D eigenvalue weighted by Gasteiger charge is 2.24. The van der Waals surface area contributed by atoms with Gasteiger partial charge in [-0.15, -0.1) is 0 Å². The van der Waals surface area contributed by atoms with Gasteiger partial charge in [-0.3, -0.25) is 9.59 Å². The number of amides is 2. The minimum Gasteiger partial charge on any atom is -0.478 e. The number of carbonyl (C=O) groups excluding carboxylic acids is 2. The Hall–Kier alpha value is -4.08. The fourth-order valence-corrected chi connectivity index (χ4v) is 2.01. The molecule has 2 unspecified atom stereocenters. The molecule has 10 nitrogen and oxygen atoms in total. The topological polar surface area (TPSA) is 158 Å². The second-order valence-electron chi connectivity index (χ2n) is 5.39. The van der Waals surface area contributed by atoms with E-state index in [2.05, 4.69) is 20.9 Å². The first-order chi connectivity index (χ1) is 13.4. The van der Waals surface area contributed by atoms with Crippen molar-refractivity contribution in [3.63, 3.8) is 0 Å². The lowest BCUT2D eigenvalue weighted by molar-refractivity contribution is -0.141. The molecule has 0 fully saturated rings. The average Bonchev–Trinajstić information content (AvgIpc) is 2.70. The summed E-state index contributed by atoms with van der Waals surface area (Å²) in [5.41, 5.74) is 0.382. The molecule has 2 aromatic rings. The van der Waals surface area contributed by atoms with Crippen LogP contribution in [-0.2, 0) is 9.59 Å². The molecule has 0 saturated carbocycles. The van der Waals surface area contributed by atoms with Crippen molar-refractivity contribution in [3.8, 4) is 0 Å². The van der Waals surface area contributed by atoms with Gasteiger partial charge in [0.15, 0.2) is 0 Å². The fraction of sp³-hybridized carbons (Fsp3) is 0.111. The molecule has 0 radical (unpaired) electrons. The predicted octanol–water partition coefficient (Wildman–Crippen LogP) is 1.12. The number of carboxylic acids is 2. The third-order valence-corrected chi connectivity index (χ3v) is 3.37. The maximum Gasteiger partial charge on any atom is 0.351 e. The molecule has 0 aliphatic heterocycles. The maximum atomic E-state index is 12.0. The molecular weight excluding hydrogens is 368 g/mol. The molecule has 0 aliphatic rings. The molecule has 0 saturated heterocycles. The highest BCUT2D eigenvalue weighted by Crippen LogP contribution is 2.03. The van der Waals surface area contributed by atoms with Crippen LogP contribution in [0.2, 0.25) is 0 Å². The first-order valence-electron chi connectivity index (χ1n) is 7.96. The lowest BCUT2D eigenvalue weighted by Crippen LogP contribution is -2.42. The summed E-state index contributed by atoms with van der Waals surface area (Å²) in [6, 6.07) is 15.6. The van der Waals surface area contributed by atoms with Gasteiger partial charge in [-0.05, 0) is 24.3 Å². The molecule has 28 heavy (non-hydrogen) atoms. The summed E-state index contributed by atoms with van der Waals surface area (Å²) in [6.45, 7) is 0. The van der Waals surface area contributed by atoms with E-state index in [0.29, 0.717) is 0 Å². The predicted molar refractivity (Wildman–Crippen MR) is 95.5 cm³/mol. The van der Waals surface area contributed by atoms with Crippen LogP contribution in [0.25, 0.3) is 0 Å². The third kappa shape index (κ3) is 5.73. The number of carbonyl (C=O) groups is 4. The monoisotopic (exact) mass is 384 g/mol. The smallest absolute Gasteiger partial charge is 0.351 e. The van der Waals surface area contributed by atoms with Gasteiger partial charge in [0.1, 0.15) is 0 Å².